The molecule has 5 fully saturated rings. The highest BCUT2D eigenvalue weighted by Crippen LogP contribution is 2.63. The Bertz CT molecular complexity index is 762. The number of carbonyl (C=O) groups is 1. The summed E-state index contributed by atoms with van der Waals surface area (Å²) in [7, 11) is 1.71. The third-order valence-electron chi connectivity index (χ3n) is 7.99. The van der Waals surface area contributed by atoms with Gasteiger partial charge in [-0.2, -0.15) is 0 Å². The van der Waals surface area contributed by atoms with Crippen molar-refractivity contribution in [3.63, 3.8) is 0 Å². The summed E-state index contributed by atoms with van der Waals surface area (Å²) in [6.07, 6.45) is 8.92. The minimum absolute atomic E-state index is 0.122. The molecule has 29 heavy (non-hydrogen) atoms. The lowest BCUT2D eigenvalue weighted by molar-refractivity contribution is -0.144. The van der Waals surface area contributed by atoms with Crippen molar-refractivity contribution in [1.29, 1.82) is 0 Å². The first-order chi connectivity index (χ1) is 14.0. The van der Waals surface area contributed by atoms with Crippen LogP contribution in [-0.2, 0) is 4.79 Å². The van der Waals surface area contributed by atoms with Crippen LogP contribution in [0.4, 0.5) is 0 Å². The van der Waals surface area contributed by atoms with Crippen LogP contribution < -0.4 is 10.1 Å². The molecule has 1 N–H and O–H groups in total. The van der Waals surface area contributed by atoms with E-state index in [1.165, 1.54) is 24.8 Å². The van der Waals surface area contributed by atoms with Gasteiger partial charge in [-0.25, -0.2) is 0 Å². The number of alkyl halides is 1. The topological polar surface area (TPSA) is 41.6 Å². The molecule has 1 aliphatic heterocycles. The highest BCUT2D eigenvalue weighted by atomic mass is 35.5. The maximum absolute atomic E-state index is 13.5. The summed E-state index contributed by atoms with van der Waals surface area (Å²) >= 11 is 6.96. The molecular formula is C24H33ClN2O2. The minimum atomic E-state index is -0.226. The number of methoxy groups -OCH3 is 1. The van der Waals surface area contributed by atoms with Crippen molar-refractivity contribution < 1.29 is 9.53 Å². The molecule has 6 rings (SSSR count). The van der Waals surface area contributed by atoms with Crippen molar-refractivity contribution in [3.05, 3.63) is 29.8 Å². The van der Waals surface area contributed by atoms with E-state index in [0.29, 0.717) is 18.4 Å². The number of nitrogens with zero attached hydrogens (tertiary/aromatic N) is 1. The number of ether oxygens (including phenoxy) is 1. The zero-order chi connectivity index (χ0) is 20.1. The molecule has 1 aromatic carbocycles. The van der Waals surface area contributed by atoms with Gasteiger partial charge < -0.3 is 10.1 Å². The second kappa shape index (κ2) is 7.46. The highest BCUT2D eigenvalue weighted by Gasteiger charge is 2.60. The fraction of sp³-hybridized carbons (Fsp3) is 0.708. The third-order valence-corrected chi connectivity index (χ3v) is 8.43. The highest BCUT2D eigenvalue weighted by molar-refractivity contribution is 6.24. The molecule has 158 valence electrons. The first-order valence-corrected chi connectivity index (χ1v) is 11.7. The lowest BCUT2D eigenvalue weighted by atomic mass is 9.49. The van der Waals surface area contributed by atoms with Gasteiger partial charge in [0, 0.05) is 11.4 Å². The fourth-order valence-corrected chi connectivity index (χ4v) is 7.85. The predicted molar refractivity (Wildman–Crippen MR) is 115 cm³/mol. The Kier molecular flexibility index (Phi) is 5.06. The predicted octanol–water partition coefficient (Wildman–Crippen LogP) is 4.53. The number of halogens is 1. The lowest BCUT2D eigenvalue weighted by Gasteiger charge is -2.59. The van der Waals surface area contributed by atoms with Crippen LogP contribution in [0.5, 0.6) is 5.75 Å². The largest absolute Gasteiger partial charge is 0.497 e. The number of carbonyl (C=O) groups excluding carboxylic acids is 1. The summed E-state index contributed by atoms with van der Waals surface area (Å²) in [5.41, 5.74) is 1.00. The number of likely N-dealkylation sites (tertiary alicyclic amines) is 1. The second-order valence-electron chi connectivity index (χ2n) is 10.1. The van der Waals surface area contributed by atoms with E-state index in [-0.39, 0.29) is 22.2 Å². The summed E-state index contributed by atoms with van der Waals surface area (Å²) in [5, 5.41) is 3.39. The standard InChI is InChI=1S/C24H33ClN2O2/c1-29-20-6-4-5-19(10-20)21(27-7-2-3-8-27)15-26-22(28)23-11-17-9-18(12-23)14-24(25,13-17)16-23/h4-6,10,17-18,21H,2-3,7-9,11-16H2,1H3,(H,26,28)/t17-,18-,21-,23?,24?/m1/s1. The van der Waals surface area contributed by atoms with E-state index in [0.717, 1.165) is 50.9 Å². The molecule has 4 nitrogen and oxygen atoms in total. The molecule has 0 radical (unpaired) electrons. The van der Waals surface area contributed by atoms with Gasteiger partial charge in [0.2, 0.25) is 5.91 Å². The van der Waals surface area contributed by atoms with Gasteiger partial charge in [0.05, 0.1) is 18.6 Å². The van der Waals surface area contributed by atoms with Crippen LogP contribution >= 0.6 is 11.6 Å². The van der Waals surface area contributed by atoms with E-state index in [1.54, 1.807) is 7.11 Å². The maximum atomic E-state index is 13.5. The van der Waals surface area contributed by atoms with E-state index < -0.39 is 0 Å². The first kappa shape index (κ1) is 19.7. The van der Waals surface area contributed by atoms with Gasteiger partial charge in [-0.3, -0.25) is 9.69 Å². The molecule has 4 saturated carbocycles. The number of amides is 1. The Labute approximate surface area is 179 Å². The van der Waals surface area contributed by atoms with Crippen molar-refractivity contribution in [2.24, 2.45) is 17.3 Å². The molecule has 4 aliphatic carbocycles. The van der Waals surface area contributed by atoms with Crippen LogP contribution in [0.15, 0.2) is 24.3 Å². The summed E-state index contributed by atoms with van der Waals surface area (Å²) in [5.74, 6) is 2.42. The van der Waals surface area contributed by atoms with Gasteiger partial charge >= 0.3 is 0 Å². The van der Waals surface area contributed by atoms with E-state index >= 15 is 0 Å². The average Bonchev–Trinajstić information content (AvgIpc) is 3.21. The zero-order valence-corrected chi connectivity index (χ0v) is 18.2. The minimum Gasteiger partial charge on any atom is -0.497 e. The first-order valence-electron chi connectivity index (χ1n) is 11.3. The summed E-state index contributed by atoms with van der Waals surface area (Å²) in [6.45, 7) is 2.86. The molecule has 1 aromatic rings. The smallest absolute Gasteiger partial charge is 0.226 e. The Morgan fingerprint density at radius 1 is 1.24 bits per heavy atom. The van der Waals surface area contributed by atoms with Crippen LogP contribution in [0.3, 0.4) is 0 Å². The number of rotatable bonds is 6. The number of nitrogens with one attached hydrogen (secondary N) is 1. The average molecular weight is 417 g/mol. The molecule has 4 bridgehead atoms. The summed E-state index contributed by atoms with van der Waals surface area (Å²) in [6, 6.07) is 8.52. The van der Waals surface area contributed by atoms with Gasteiger partial charge in [0.1, 0.15) is 5.75 Å². The Balaban J connectivity index is 1.33. The van der Waals surface area contributed by atoms with Crippen LogP contribution in [-0.4, -0.2) is 42.4 Å². The summed E-state index contributed by atoms with van der Waals surface area (Å²) < 4.78 is 5.45. The van der Waals surface area contributed by atoms with E-state index in [2.05, 4.69) is 28.4 Å². The van der Waals surface area contributed by atoms with E-state index in [9.17, 15) is 4.79 Å². The molecule has 1 amide bonds. The second-order valence-corrected chi connectivity index (χ2v) is 10.9. The number of benzene rings is 1. The van der Waals surface area contributed by atoms with Crippen molar-refractivity contribution >= 4 is 17.5 Å². The van der Waals surface area contributed by atoms with Crippen LogP contribution in [0.2, 0.25) is 0 Å². The van der Waals surface area contributed by atoms with Crippen LogP contribution in [0.1, 0.15) is 63.0 Å². The van der Waals surface area contributed by atoms with Gasteiger partial charge in [-0.1, -0.05) is 12.1 Å². The van der Waals surface area contributed by atoms with Crippen LogP contribution in [0.25, 0.3) is 0 Å². The molecule has 1 heterocycles. The normalized spacial score (nSPS) is 36.9. The van der Waals surface area contributed by atoms with Crippen molar-refractivity contribution in [2.45, 2.75) is 62.3 Å². The molecule has 3 atom stereocenters. The molecule has 0 aromatic heterocycles. The third kappa shape index (κ3) is 3.67. The van der Waals surface area contributed by atoms with Gasteiger partial charge in [-0.05, 0) is 94.0 Å². The SMILES string of the molecule is COc1cccc([C@@H](CNC(=O)C23C[C@H]4C[C@@H](CC(Cl)(C4)C2)C3)N2CCCC2)c1. The summed E-state index contributed by atoms with van der Waals surface area (Å²) in [4.78, 5) is 15.9. The molecule has 0 spiro atoms. The lowest BCUT2D eigenvalue weighted by Crippen LogP contribution is -2.58. The van der Waals surface area contributed by atoms with Gasteiger partial charge in [0.25, 0.3) is 0 Å². The molecule has 5 heteroatoms. The molecule has 5 aliphatic rings. The number of hydrogen-bond acceptors (Lipinski definition) is 3. The van der Waals surface area contributed by atoms with Gasteiger partial charge in [-0.15, -0.1) is 11.6 Å². The van der Waals surface area contributed by atoms with Gasteiger partial charge in [0.15, 0.2) is 0 Å². The number of hydrogen-bond donors (Lipinski definition) is 1. The monoisotopic (exact) mass is 416 g/mol. The van der Waals surface area contributed by atoms with Crippen LogP contribution in [0, 0.1) is 17.3 Å². The van der Waals surface area contributed by atoms with E-state index in [4.69, 9.17) is 16.3 Å². The molecule has 1 saturated heterocycles. The van der Waals surface area contributed by atoms with Crippen molar-refractivity contribution in [3.8, 4) is 5.75 Å². The van der Waals surface area contributed by atoms with E-state index in [1.807, 2.05) is 6.07 Å². The Morgan fingerprint density at radius 3 is 2.62 bits per heavy atom. The molecule has 0 unspecified atom stereocenters. The van der Waals surface area contributed by atoms with Crippen molar-refractivity contribution in [1.82, 2.24) is 10.2 Å². The fourth-order valence-electron chi connectivity index (χ4n) is 7.15. The zero-order valence-electron chi connectivity index (χ0n) is 17.5. The Morgan fingerprint density at radius 2 is 1.97 bits per heavy atom. The maximum Gasteiger partial charge on any atom is 0.226 e. The molecular weight excluding hydrogens is 384 g/mol. The van der Waals surface area contributed by atoms with Crippen molar-refractivity contribution in [2.75, 3.05) is 26.7 Å². The Hall–Kier alpha value is -1.26. The quantitative estimate of drug-likeness (QED) is 0.693.